The number of hydrogen-bond donors (Lipinski definition) is 1. The second-order valence-corrected chi connectivity index (χ2v) is 5.21. The first kappa shape index (κ1) is 12.3. The maximum absolute atomic E-state index is 12.0. The van der Waals surface area contributed by atoms with E-state index in [1.165, 1.54) is 0 Å². The Morgan fingerprint density at radius 1 is 1.00 bits per heavy atom. The molecular weight excluding hydrogens is 346 g/mol. The highest BCUT2D eigenvalue weighted by Crippen LogP contribution is 2.19. The topological polar surface area (TPSA) is 29.1 Å². The number of amides is 1. The predicted molar refractivity (Wildman–Crippen MR) is 76.2 cm³/mol. The largest absolute Gasteiger partial charge is 0.322 e. The number of nitrogens with one attached hydrogen (secondary N) is 1. The van der Waals surface area contributed by atoms with Crippen LogP contribution in [0.3, 0.4) is 0 Å². The summed E-state index contributed by atoms with van der Waals surface area (Å²) in [5, 5.41) is 2.84. The zero-order valence-electron chi connectivity index (χ0n) is 8.78. The maximum Gasteiger partial charge on any atom is 0.256 e. The summed E-state index contributed by atoms with van der Waals surface area (Å²) >= 11 is 6.72. The minimum absolute atomic E-state index is 0.129. The Bertz CT molecular complexity index is 555. The number of hydrogen-bond acceptors (Lipinski definition) is 1. The fourth-order valence-electron chi connectivity index (χ4n) is 1.41. The fourth-order valence-corrected chi connectivity index (χ4v) is 2.27. The molecule has 0 fully saturated rings. The molecule has 2 nitrogen and oxygen atoms in total. The van der Waals surface area contributed by atoms with Crippen molar-refractivity contribution in [3.63, 3.8) is 0 Å². The molecule has 1 N–H and O–H groups in total. The van der Waals surface area contributed by atoms with Gasteiger partial charge in [-0.15, -0.1) is 0 Å². The molecule has 17 heavy (non-hydrogen) atoms. The molecule has 0 aliphatic rings. The Morgan fingerprint density at radius 2 is 1.76 bits per heavy atom. The van der Waals surface area contributed by atoms with Crippen molar-refractivity contribution in [3.8, 4) is 0 Å². The van der Waals surface area contributed by atoms with Crippen LogP contribution in [0.25, 0.3) is 0 Å². The molecule has 4 heteroatoms. The van der Waals surface area contributed by atoms with Crippen molar-refractivity contribution in [2.24, 2.45) is 0 Å². The number of benzene rings is 2. The van der Waals surface area contributed by atoms with Crippen molar-refractivity contribution in [2.75, 3.05) is 5.32 Å². The highest BCUT2D eigenvalue weighted by molar-refractivity contribution is 9.10. The fraction of sp³-hybridized carbons (Fsp3) is 0. The summed E-state index contributed by atoms with van der Waals surface area (Å²) in [6.45, 7) is 0. The molecule has 0 heterocycles. The summed E-state index contributed by atoms with van der Waals surface area (Å²) in [7, 11) is 0. The number of anilines is 1. The van der Waals surface area contributed by atoms with Crippen LogP contribution in [-0.2, 0) is 0 Å². The van der Waals surface area contributed by atoms with Crippen LogP contribution >= 0.6 is 31.9 Å². The van der Waals surface area contributed by atoms with Gasteiger partial charge in [-0.1, -0.05) is 34.1 Å². The van der Waals surface area contributed by atoms with Crippen molar-refractivity contribution in [1.82, 2.24) is 0 Å². The van der Waals surface area contributed by atoms with Crippen molar-refractivity contribution >= 4 is 43.5 Å². The first-order valence-electron chi connectivity index (χ1n) is 4.98. The van der Waals surface area contributed by atoms with Crippen molar-refractivity contribution < 1.29 is 4.79 Å². The minimum atomic E-state index is -0.129. The first-order valence-corrected chi connectivity index (χ1v) is 6.57. The Morgan fingerprint density at radius 3 is 2.47 bits per heavy atom. The van der Waals surface area contributed by atoms with Gasteiger partial charge in [0.25, 0.3) is 5.91 Å². The lowest BCUT2D eigenvalue weighted by atomic mass is 10.2. The number of halogens is 2. The molecule has 2 aromatic carbocycles. The van der Waals surface area contributed by atoms with E-state index in [2.05, 4.69) is 37.2 Å². The van der Waals surface area contributed by atoms with Crippen molar-refractivity contribution in [1.29, 1.82) is 0 Å². The van der Waals surface area contributed by atoms with E-state index < -0.39 is 0 Å². The van der Waals surface area contributed by atoms with Crippen molar-refractivity contribution in [2.45, 2.75) is 0 Å². The molecule has 0 atom stereocenters. The summed E-state index contributed by atoms with van der Waals surface area (Å²) < 4.78 is 1.72. The molecule has 0 saturated heterocycles. The highest BCUT2D eigenvalue weighted by Gasteiger charge is 2.09. The van der Waals surface area contributed by atoms with Crippen LogP contribution in [0, 0.1) is 0 Å². The lowest BCUT2D eigenvalue weighted by Crippen LogP contribution is -2.12. The molecule has 0 saturated carbocycles. The number of rotatable bonds is 2. The molecule has 0 aromatic heterocycles. The second-order valence-electron chi connectivity index (χ2n) is 3.44. The number of carbonyl (C=O) groups is 1. The molecule has 0 bridgehead atoms. The van der Waals surface area contributed by atoms with E-state index in [0.29, 0.717) is 5.56 Å². The molecule has 0 radical (unpaired) electrons. The summed E-state index contributed by atoms with van der Waals surface area (Å²) in [5.74, 6) is -0.129. The third-order valence-electron chi connectivity index (χ3n) is 2.20. The van der Waals surface area contributed by atoms with E-state index in [1.807, 2.05) is 42.5 Å². The Kier molecular flexibility index (Phi) is 3.97. The van der Waals surface area contributed by atoms with Gasteiger partial charge < -0.3 is 5.32 Å². The van der Waals surface area contributed by atoms with Gasteiger partial charge in [0, 0.05) is 14.6 Å². The first-order chi connectivity index (χ1) is 8.16. The van der Waals surface area contributed by atoms with E-state index in [9.17, 15) is 4.79 Å². The van der Waals surface area contributed by atoms with Gasteiger partial charge in [-0.2, -0.15) is 0 Å². The monoisotopic (exact) mass is 353 g/mol. The lowest BCUT2D eigenvalue weighted by Gasteiger charge is -2.06. The SMILES string of the molecule is O=C(Nc1cccc(Br)c1)c1ccccc1Br. The van der Waals surface area contributed by atoms with Gasteiger partial charge in [0.15, 0.2) is 0 Å². The Balaban J connectivity index is 2.20. The van der Waals surface area contributed by atoms with E-state index in [0.717, 1.165) is 14.6 Å². The average molecular weight is 355 g/mol. The van der Waals surface area contributed by atoms with E-state index in [-0.39, 0.29) is 5.91 Å². The highest BCUT2D eigenvalue weighted by atomic mass is 79.9. The van der Waals surface area contributed by atoms with Crippen LogP contribution in [0.1, 0.15) is 10.4 Å². The summed E-state index contributed by atoms with van der Waals surface area (Å²) in [6.07, 6.45) is 0. The van der Waals surface area contributed by atoms with Crippen LogP contribution in [0.2, 0.25) is 0 Å². The minimum Gasteiger partial charge on any atom is -0.322 e. The number of carbonyl (C=O) groups excluding carboxylic acids is 1. The maximum atomic E-state index is 12.0. The Hall–Kier alpha value is -1.13. The standard InChI is InChI=1S/C13H9Br2NO/c14-9-4-3-5-10(8-9)16-13(17)11-6-1-2-7-12(11)15/h1-8H,(H,16,17). The summed E-state index contributed by atoms with van der Waals surface area (Å²) in [4.78, 5) is 12.0. The lowest BCUT2D eigenvalue weighted by molar-refractivity contribution is 0.102. The third kappa shape index (κ3) is 3.17. The molecule has 2 aromatic rings. The summed E-state index contributed by atoms with van der Waals surface area (Å²) in [6, 6.07) is 14.8. The van der Waals surface area contributed by atoms with Crippen LogP contribution in [0.5, 0.6) is 0 Å². The molecule has 0 unspecified atom stereocenters. The van der Waals surface area contributed by atoms with Gasteiger partial charge in [0.1, 0.15) is 0 Å². The van der Waals surface area contributed by atoms with Crippen LogP contribution < -0.4 is 5.32 Å². The zero-order valence-corrected chi connectivity index (χ0v) is 12.0. The summed E-state index contributed by atoms with van der Waals surface area (Å²) in [5.41, 5.74) is 1.38. The van der Waals surface area contributed by atoms with E-state index >= 15 is 0 Å². The molecule has 0 aliphatic carbocycles. The quantitative estimate of drug-likeness (QED) is 0.847. The zero-order chi connectivity index (χ0) is 12.3. The van der Waals surface area contributed by atoms with Crippen LogP contribution in [0.15, 0.2) is 57.5 Å². The average Bonchev–Trinajstić information content (AvgIpc) is 2.29. The third-order valence-corrected chi connectivity index (χ3v) is 3.39. The van der Waals surface area contributed by atoms with Gasteiger partial charge in [0.2, 0.25) is 0 Å². The van der Waals surface area contributed by atoms with Crippen LogP contribution in [0.4, 0.5) is 5.69 Å². The van der Waals surface area contributed by atoms with Gasteiger partial charge in [-0.25, -0.2) is 0 Å². The van der Waals surface area contributed by atoms with Gasteiger partial charge in [-0.3, -0.25) is 4.79 Å². The smallest absolute Gasteiger partial charge is 0.256 e. The van der Waals surface area contributed by atoms with E-state index in [4.69, 9.17) is 0 Å². The molecule has 0 aliphatic heterocycles. The van der Waals surface area contributed by atoms with Gasteiger partial charge in [-0.05, 0) is 46.3 Å². The second kappa shape index (κ2) is 5.47. The molecule has 0 spiro atoms. The Labute approximate surface area is 116 Å². The molecule has 2 rings (SSSR count). The van der Waals surface area contributed by atoms with Crippen LogP contribution in [-0.4, -0.2) is 5.91 Å². The molecular formula is C13H9Br2NO. The predicted octanol–water partition coefficient (Wildman–Crippen LogP) is 4.46. The van der Waals surface area contributed by atoms with Gasteiger partial charge >= 0.3 is 0 Å². The normalized spacial score (nSPS) is 10.0. The van der Waals surface area contributed by atoms with Gasteiger partial charge in [0.05, 0.1) is 5.56 Å². The van der Waals surface area contributed by atoms with E-state index in [1.54, 1.807) is 6.07 Å². The van der Waals surface area contributed by atoms with Crippen molar-refractivity contribution in [3.05, 3.63) is 63.0 Å². The molecule has 1 amide bonds. The molecule has 86 valence electrons.